The van der Waals surface area contributed by atoms with Crippen LogP contribution in [0.15, 0.2) is 24.3 Å². The fraction of sp³-hybridized carbons (Fsp3) is 0.619. The number of hydrogen-bond acceptors (Lipinski definition) is 2. The van der Waals surface area contributed by atoms with Crippen molar-refractivity contribution in [1.29, 1.82) is 0 Å². The molecule has 2 nitrogen and oxygen atoms in total. The predicted molar refractivity (Wildman–Crippen MR) is 98.1 cm³/mol. The molecule has 0 heterocycles. The molecule has 0 aliphatic carbocycles. The Morgan fingerprint density at radius 2 is 1.22 bits per heavy atom. The monoisotopic (exact) mass is 316 g/mol. The van der Waals surface area contributed by atoms with Crippen LogP contribution in [-0.4, -0.2) is 13.2 Å². The minimum atomic E-state index is 0.669. The first-order chi connectivity index (χ1) is 11.4. The number of benzene rings is 1. The first kappa shape index (κ1) is 19.4. The average molecular weight is 316 g/mol. The van der Waals surface area contributed by atoms with Gasteiger partial charge < -0.3 is 9.47 Å². The maximum absolute atomic E-state index is 5.77. The quantitative estimate of drug-likeness (QED) is 0.309. The van der Waals surface area contributed by atoms with Crippen LogP contribution in [0.5, 0.6) is 11.5 Å². The standard InChI is InChI=1S/C21H32O2/c1-3-5-7-8-9-10-11-13-19-23-21-16-14-20(15-17-21)22-18-12-6-4-2/h2,14-17H,3,5-13,18-19H2,1H3. The van der Waals surface area contributed by atoms with Gasteiger partial charge in [-0.2, -0.15) is 0 Å². The number of rotatable bonds is 14. The van der Waals surface area contributed by atoms with Crippen LogP contribution in [0.25, 0.3) is 0 Å². The maximum Gasteiger partial charge on any atom is 0.119 e. The lowest BCUT2D eigenvalue weighted by Crippen LogP contribution is -1.98. The molecule has 0 bridgehead atoms. The zero-order valence-corrected chi connectivity index (χ0v) is 14.7. The Labute approximate surface area is 142 Å². The van der Waals surface area contributed by atoms with Crippen LogP contribution in [0.1, 0.15) is 71.1 Å². The zero-order chi connectivity index (χ0) is 16.6. The van der Waals surface area contributed by atoms with Gasteiger partial charge in [-0.1, -0.05) is 51.9 Å². The van der Waals surface area contributed by atoms with Gasteiger partial charge in [0, 0.05) is 6.42 Å². The van der Waals surface area contributed by atoms with Gasteiger partial charge in [-0.3, -0.25) is 0 Å². The van der Waals surface area contributed by atoms with Crippen LogP contribution in [0.4, 0.5) is 0 Å². The maximum atomic E-state index is 5.77. The molecule has 0 N–H and O–H groups in total. The average Bonchev–Trinajstić information content (AvgIpc) is 2.58. The van der Waals surface area contributed by atoms with E-state index in [0.29, 0.717) is 6.61 Å². The summed E-state index contributed by atoms with van der Waals surface area (Å²) in [6.45, 7) is 3.73. The van der Waals surface area contributed by atoms with Crippen molar-refractivity contribution in [3.8, 4) is 23.8 Å². The lowest BCUT2D eigenvalue weighted by molar-refractivity contribution is 0.299. The molecule has 0 spiro atoms. The van der Waals surface area contributed by atoms with Crippen LogP contribution in [0.3, 0.4) is 0 Å². The number of hydrogen-bond donors (Lipinski definition) is 0. The highest BCUT2D eigenvalue weighted by atomic mass is 16.5. The molecule has 1 aromatic rings. The normalized spacial score (nSPS) is 10.3. The second-order valence-electron chi connectivity index (χ2n) is 5.95. The van der Waals surface area contributed by atoms with Crippen molar-refractivity contribution in [1.82, 2.24) is 0 Å². The first-order valence-corrected chi connectivity index (χ1v) is 9.16. The largest absolute Gasteiger partial charge is 0.494 e. The van der Waals surface area contributed by atoms with Crippen LogP contribution in [0.2, 0.25) is 0 Å². The van der Waals surface area contributed by atoms with Crippen LogP contribution in [0, 0.1) is 12.3 Å². The molecule has 0 unspecified atom stereocenters. The molecule has 1 rings (SSSR count). The topological polar surface area (TPSA) is 18.5 Å². The summed E-state index contributed by atoms with van der Waals surface area (Å²) < 4.78 is 11.4. The molecule has 0 amide bonds. The molecular formula is C21H32O2. The Balaban J connectivity index is 2.01. The second kappa shape index (κ2) is 14.0. The molecule has 0 radical (unpaired) electrons. The van der Waals surface area contributed by atoms with E-state index in [2.05, 4.69) is 12.8 Å². The number of terminal acetylenes is 1. The van der Waals surface area contributed by atoms with Crippen LogP contribution in [-0.2, 0) is 0 Å². The third kappa shape index (κ3) is 10.7. The molecule has 2 heteroatoms. The van der Waals surface area contributed by atoms with Crippen molar-refractivity contribution in [2.45, 2.75) is 71.1 Å². The minimum absolute atomic E-state index is 0.669. The SMILES string of the molecule is C#CCCCOc1ccc(OCCCCCCCCCC)cc1. The molecule has 0 aliphatic heterocycles. The van der Waals surface area contributed by atoms with E-state index in [1.54, 1.807) is 0 Å². The molecule has 0 saturated carbocycles. The van der Waals surface area contributed by atoms with Crippen LogP contribution >= 0.6 is 0 Å². The van der Waals surface area contributed by atoms with E-state index in [1.807, 2.05) is 24.3 Å². The second-order valence-corrected chi connectivity index (χ2v) is 5.95. The highest BCUT2D eigenvalue weighted by Crippen LogP contribution is 2.18. The molecular weight excluding hydrogens is 284 g/mol. The van der Waals surface area contributed by atoms with E-state index < -0.39 is 0 Å². The number of unbranched alkanes of at least 4 members (excludes halogenated alkanes) is 8. The molecule has 128 valence electrons. The highest BCUT2D eigenvalue weighted by Gasteiger charge is 1.97. The van der Waals surface area contributed by atoms with E-state index in [-0.39, 0.29) is 0 Å². The van der Waals surface area contributed by atoms with Gasteiger partial charge >= 0.3 is 0 Å². The van der Waals surface area contributed by atoms with Crippen molar-refractivity contribution in [2.24, 2.45) is 0 Å². The summed E-state index contributed by atoms with van der Waals surface area (Å²) in [5, 5.41) is 0. The molecule has 0 aromatic heterocycles. The molecule has 0 atom stereocenters. The van der Waals surface area contributed by atoms with Crippen molar-refractivity contribution in [2.75, 3.05) is 13.2 Å². The van der Waals surface area contributed by atoms with E-state index in [4.69, 9.17) is 15.9 Å². The fourth-order valence-electron chi connectivity index (χ4n) is 2.42. The van der Waals surface area contributed by atoms with E-state index in [1.165, 1.54) is 44.9 Å². The Hall–Kier alpha value is -1.62. The summed E-state index contributed by atoms with van der Waals surface area (Å²) in [6, 6.07) is 7.86. The summed E-state index contributed by atoms with van der Waals surface area (Å²) in [5.74, 6) is 4.41. The van der Waals surface area contributed by atoms with Gasteiger partial charge in [0.1, 0.15) is 11.5 Å². The van der Waals surface area contributed by atoms with Gasteiger partial charge in [0.2, 0.25) is 0 Å². The smallest absolute Gasteiger partial charge is 0.119 e. The molecule has 1 aromatic carbocycles. The first-order valence-electron chi connectivity index (χ1n) is 9.16. The van der Waals surface area contributed by atoms with Crippen molar-refractivity contribution in [3.05, 3.63) is 24.3 Å². The summed E-state index contributed by atoms with van der Waals surface area (Å²) in [5.41, 5.74) is 0. The van der Waals surface area contributed by atoms with E-state index in [0.717, 1.165) is 37.4 Å². The molecule has 0 aliphatic rings. The Bertz CT molecular complexity index is 416. The Morgan fingerprint density at radius 1 is 0.739 bits per heavy atom. The predicted octanol–water partition coefficient (Wildman–Crippen LogP) is 6.00. The molecule has 0 saturated heterocycles. The van der Waals surface area contributed by atoms with Gasteiger partial charge in [0.15, 0.2) is 0 Å². The third-order valence-corrected chi connectivity index (χ3v) is 3.82. The summed E-state index contributed by atoms with van der Waals surface area (Å²) >= 11 is 0. The van der Waals surface area contributed by atoms with Gasteiger partial charge in [-0.15, -0.1) is 12.3 Å². The van der Waals surface area contributed by atoms with Gasteiger partial charge in [-0.25, -0.2) is 0 Å². The number of ether oxygens (including phenoxy) is 2. The van der Waals surface area contributed by atoms with Crippen molar-refractivity contribution < 1.29 is 9.47 Å². The lowest BCUT2D eigenvalue weighted by Gasteiger charge is -2.08. The Morgan fingerprint density at radius 3 is 1.74 bits per heavy atom. The van der Waals surface area contributed by atoms with Gasteiger partial charge in [0.05, 0.1) is 13.2 Å². The summed E-state index contributed by atoms with van der Waals surface area (Å²) in [4.78, 5) is 0. The molecule has 0 fully saturated rings. The van der Waals surface area contributed by atoms with Crippen molar-refractivity contribution in [3.63, 3.8) is 0 Å². The van der Waals surface area contributed by atoms with E-state index >= 15 is 0 Å². The third-order valence-electron chi connectivity index (χ3n) is 3.82. The molecule has 23 heavy (non-hydrogen) atoms. The van der Waals surface area contributed by atoms with Crippen molar-refractivity contribution >= 4 is 0 Å². The minimum Gasteiger partial charge on any atom is -0.494 e. The highest BCUT2D eigenvalue weighted by molar-refractivity contribution is 5.31. The Kier molecular flexibility index (Phi) is 11.8. The van der Waals surface area contributed by atoms with Gasteiger partial charge in [0.25, 0.3) is 0 Å². The summed E-state index contributed by atoms with van der Waals surface area (Å²) in [7, 11) is 0. The van der Waals surface area contributed by atoms with E-state index in [9.17, 15) is 0 Å². The fourth-order valence-corrected chi connectivity index (χ4v) is 2.42. The zero-order valence-electron chi connectivity index (χ0n) is 14.7. The summed E-state index contributed by atoms with van der Waals surface area (Å²) in [6.07, 6.45) is 17.5. The van der Waals surface area contributed by atoms with Crippen LogP contribution < -0.4 is 9.47 Å². The van der Waals surface area contributed by atoms with Gasteiger partial charge in [-0.05, 0) is 37.1 Å². The lowest BCUT2D eigenvalue weighted by atomic mass is 10.1.